The standard InChI is InChI=1S/C16H19N3O2S/c1-2-8-22-11-14-17-16(18-21-14)12-9-15(20)19(10-12)13-6-4-3-5-7-13/h3-7,12H,2,8-11H2,1H3/t12-/m0/s1. The monoisotopic (exact) mass is 317 g/mol. The second-order valence-electron chi connectivity index (χ2n) is 5.34. The summed E-state index contributed by atoms with van der Waals surface area (Å²) < 4.78 is 5.29. The second kappa shape index (κ2) is 6.96. The molecule has 3 rings (SSSR count). The first-order valence-electron chi connectivity index (χ1n) is 7.53. The Kier molecular flexibility index (Phi) is 4.77. The van der Waals surface area contributed by atoms with E-state index in [4.69, 9.17) is 4.52 Å². The van der Waals surface area contributed by atoms with Gasteiger partial charge in [-0.15, -0.1) is 0 Å². The van der Waals surface area contributed by atoms with E-state index in [2.05, 4.69) is 17.1 Å². The lowest BCUT2D eigenvalue weighted by Gasteiger charge is -2.15. The van der Waals surface area contributed by atoms with Crippen LogP contribution in [0.15, 0.2) is 34.9 Å². The molecule has 1 aliphatic rings. The predicted octanol–water partition coefficient (Wildman–Crippen LogP) is 3.23. The van der Waals surface area contributed by atoms with Gasteiger partial charge in [0, 0.05) is 24.6 Å². The first-order chi connectivity index (χ1) is 10.8. The van der Waals surface area contributed by atoms with Crippen LogP contribution in [0.2, 0.25) is 0 Å². The molecule has 22 heavy (non-hydrogen) atoms. The van der Waals surface area contributed by atoms with Gasteiger partial charge >= 0.3 is 0 Å². The summed E-state index contributed by atoms with van der Waals surface area (Å²) in [6, 6.07) is 9.72. The quantitative estimate of drug-likeness (QED) is 0.766. The summed E-state index contributed by atoms with van der Waals surface area (Å²) in [7, 11) is 0. The van der Waals surface area contributed by atoms with Crippen LogP contribution in [0.25, 0.3) is 0 Å². The molecule has 2 heterocycles. The Labute approximate surface area is 134 Å². The van der Waals surface area contributed by atoms with Crippen molar-refractivity contribution in [3.8, 4) is 0 Å². The lowest BCUT2D eigenvalue weighted by atomic mass is 10.1. The van der Waals surface area contributed by atoms with Gasteiger partial charge in [0.15, 0.2) is 5.82 Å². The minimum Gasteiger partial charge on any atom is -0.338 e. The number of carbonyl (C=O) groups is 1. The zero-order valence-electron chi connectivity index (χ0n) is 12.6. The number of aromatic nitrogens is 2. The van der Waals surface area contributed by atoms with E-state index in [9.17, 15) is 4.79 Å². The topological polar surface area (TPSA) is 59.2 Å². The van der Waals surface area contributed by atoms with Crippen LogP contribution in [0.5, 0.6) is 0 Å². The number of amides is 1. The molecule has 1 fully saturated rings. The number of thioether (sulfide) groups is 1. The van der Waals surface area contributed by atoms with Crippen molar-refractivity contribution in [1.82, 2.24) is 10.1 Å². The smallest absolute Gasteiger partial charge is 0.236 e. The van der Waals surface area contributed by atoms with Gasteiger partial charge in [0.25, 0.3) is 0 Å². The molecule has 0 radical (unpaired) electrons. The summed E-state index contributed by atoms with van der Waals surface area (Å²) in [5, 5.41) is 4.06. The molecule has 5 nitrogen and oxygen atoms in total. The highest BCUT2D eigenvalue weighted by atomic mass is 32.2. The van der Waals surface area contributed by atoms with Crippen LogP contribution in [0.4, 0.5) is 5.69 Å². The number of nitrogens with zero attached hydrogens (tertiary/aromatic N) is 3. The highest BCUT2D eigenvalue weighted by Gasteiger charge is 2.34. The molecule has 6 heteroatoms. The Hall–Kier alpha value is -1.82. The van der Waals surface area contributed by atoms with Crippen molar-refractivity contribution in [3.63, 3.8) is 0 Å². The lowest BCUT2D eigenvalue weighted by Crippen LogP contribution is -2.24. The van der Waals surface area contributed by atoms with Crippen LogP contribution in [-0.2, 0) is 10.5 Å². The van der Waals surface area contributed by atoms with Gasteiger partial charge in [-0.1, -0.05) is 30.3 Å². The van der Waals surface area contributed by atoms with Crippen LogP contribution < -0.4 is 4.90 Å². The third kappa shape index (κ3) is 3.32. The molecule has 1 amide bonds. The van der Waals surface area contributed by atoms with Gasteiger partial charge < -0.3 is 9.42 Å². The van der Waals surface area contributed by atoms with E-state index in [1.807, 2.05) is 30.3 Å². The summed E-state index contributed by atoms with van der Waals surface area (Å²) in [5.41, 5.74) is 0.928. The Morgan fingerprint density at radius 1 is 1.36 bits per heavy atom. The van der Waals surface area contributed by atoms with Crippen molar-refractivity contribution in [2.75, 3.05) is 17.2 Å². The fourth-order valence-corrected chi connectivity index (χ4v) is 3.26. The summed E-state index contributed by atoms with van der Waals surface area (Å²) >= 11 is 1.79. The lowest BCUT2D eigenvalue weighted by molar-refractivity contribution is -0.117. The van der Waals surface area contributed by atoms with Crippen LogP contribution in [0, 0.1) is 0 Å². The molecule has 0 unspecified atom stereocenters. The molecule has 0 saturated carbocycles. The summed E-state index contributed by atoms with van der Waals surface area (Å²) in [6.07, 6.45) is 1.57. The fraction of sp³-hybridized carbons (Fsp3) is 0.438. The zero-order valence-corrected chi connectivity index (χ0v) is 13.4. The van der Waals surface area contributed by atoms with Crippen molar-refractivity contribution >= 4 is 23.4 Å². The predicted molar refractivity (Wildman–Crippen MR) is 86.9 cm³/mol. The maximum Gasteiger partial charge on any atom is 0.236 e. The van der Waals surface area contributed by atoms with E-state index in [1.54, 1.807) is 16.7 Å². The largest absolute Gasteiger partial charge is 0.338 e. The fourth-order valence-electron chi connectivity index (χ4n) is 2.53. The molecule has 116 valence electrons. The van der Waals surface area contributed by atoms with Crippen molar-refractivity contribution in [2.24, 2.45) is 0 Å². The number of benzene rings is 1. The molecule has 0 aliphatic carbocycles. The first kappa shape index (κ1) is 15.1. The molecule has 0 bridgehead atoms. The van der Waals surface area contributed by atoms with Gasteiger partial charge in [-0.05, 0) is 24.3 Å². The minimum atomic E-state index is 0.0152. The Morgan fingerprint density at radius 2 is 2.18 bits per heavy atom. The molecule has 1 aliphatic heterocycles. The number of hydrogen-bond acceptors (Lipinski definition) is 5. The SMILES string of the molecule is CCCSCc1nc([C@H]2CC(=O)N(c3ccccc3)C2)no1. The number of hydrogen-bond donors (Lipinski definition) is 0. The Morgan fingerprint density at radius 3 is 2.95 bits per heavy atom. The summed E-state index contributed by atoms with van der Waals surface area (Å²) in [5.74, 6) is 3.26. The summed E-state index contributed by atoms with van der Waals surface area (Å²) in [6.45, 7) is 2.76. The average Bonchev–Trinajstić information content (AvgIpc) is 3.15. The van der Waals surface area contributed by atoms with E-state index in [1.165, 1.54) is 0 Å². The van der Waals surface area contributed by atoms with Gasteiger partial charge in [0.2, 0.25) is 11.8 Å². The highest BCUT2D eigenvalue weighted by molar-refractivity contribution is 7.98. The van der Waals surface area contributed by atoms with Gasteiger partial charge in [-0.2, -0.15) is 16.7 Å². The number of carbonyl (C=O) groups excluding carboxylic acids is 1. The molecule has 1 aromatic heterocycles. The maximum absolute atomic E-state index is 12.2. The van der Waals surface area contributed by atoms with E-state index in [0.717, 1.165) is 23.6 Å². The molecule has 2 aromatic rings. The molecule has 1 atom stereocenters. The second-order valence-corrected chi connectivity index (χ2v) is 6.45. The van der Waals surface area contributed by atoms with Crippen molar-refractivity contribution < 1.29 is 9.32 Å². The van der Waals surface area contributed by atoms with Gasteiger partial charge in [-0.25, -0.2) is 0 Å². The molecule has 1 aromatic carbocycles. The van der Waals surface area contributed by atoms with Crippen LogP contribution in [0.1, 0.15) is 37.4 Å². The van der Waals surface area contributed by atoms with Crippen molar-refractivity contribution in [1.29, 1.82) is 0 Å². The molecule has 0 N–H and O–H groups in total. The van der Waals surface area contributed by atoms with Crippen LogP contribution >= 0.6 is 11.8 Å². The van der Waals surface area contributed by atoms with Gasteiger partial charge in [0.05, 0.1) is 5.75 Å². The first-order valence-corrected chi connectivity index (χ1v) is 8.69. The van der Waals surface area contributed by atoms with E-state index in [0.29, 0.717) is 24.7 Å². The van der Waals surface area contributed by atoms with Crippen LogP contribution in [-0.4, -0.2) is 28.3 Å². The maximum atomic E-state index is 12.2. The Balaban J connectivity index is 1.66. The zero-order chi connectivity index (χ0) is 15.4. The van der Waals surface area contributed by atoms with Gasteiger partial charge in [0.1, 0.15) is 0 Å². The van der Waals surface area contributed by atoms with Gasteiger partial charge in [-0.3, -0.25) is 4.79 Å². The Bertz CT molecular complexity index is 629. The minimum absolute atomic E-state index is 0.0152. The molecular weight excluding hydrogens is 298 g/mol. The average molecular weight is 317 g/mol. The molecule has 0 spiro atoms. The number of anilines is 1. The van der Waals surface area contributed by atoms with E-state index < -0.39 is 0 Å². The highest BCUT2D eigenvalue weighted by Crippen LogP contribution is 2.30. The summed E-state index contributed by atoms with van der Waals surface area (Å²) in [4.78, 5) is 18.5. The van der Waals surface area contributed by atoms with Crippen LogP contribution in [0.3, 0.4) is 0 Å². The molecule has 1 saturated heterocycles. The third-order valence-corrected chi connectivity index (χ3v) is 4.76. The normalized spacial score (nSPS) is 18.1. The third-order valence-electron chi connectivity index (χ3n) is 3.62. The van der Waals surface area contributed by atoms with Crippen molar-refractivity contribution in [2.45, 2.75) is 31.4 Å². The number of rotatable bonds is 6. The number of para-hydroxylation sites is 1. The van der Waals surface area contributed by atoms with Crippen molar-refractivity contribution in [3.05, 3.63) is 42.0 Å². The van der Waals surface area contributed by atoms with E-state index in [-0.39, 0.29) is 11.8 Å². The molecular formula is C16H19N3O2S. The van der Waals surface area contributed by atoms with E-state index >= 15 is 0 Å².